The number of rotatable bonds is 4. The minimum absolute atomic E-state index is 0.000440. The van der Waals surface area contributed by atoms with Crippen LogP contribution in [0.1, 0.15) is 41.0 Å². The summed E-state index contributed by atoms with van der Waals surface area (Å²) in [6.07, 6.45) is -0.168. The molecule has 0 amide bonds. The predicted molar refractivity (Wildman–Crippen MR) is 73.3 cm³/mol. The van der Waals surface area contributed by atoms with E-state index in [4.69, 9.17) is 14.6 Å². The largest absolute Gasteiger partial charge is 0.396 e. The Labute approximate surface area is 116 Å². The summed E-state index contributed by atoms with van der Waals surface area (Å²) in [6.45, 7) is 9.43. The maximum Gasteiger partial charge on any atom is 0.163 e. The van der Waals surface area contributed by atoms with Gasteiger partial charge in [0.15, 0.2) is 5.79 Å². The summed E-state index contributed by atoms with van der Waals surface area (Å²) >= 11 is 0. The molecule has 19 heavy (non-hydrogen) atoms. The Morgan fingerprint density at radius 3 is 2.32 bits per heavy atom. The van der Waals surface area contributed by atoms with Crippen LogP contribution in [0, 0.1) is 23.7 Å². The average Bonchev–Trinajstić information content (AvgIpc) is 2.61. The van der Waals surface area contributed by atoms with Crippen LogP contribution in [0.3, 0.4) is 0 Å². The van der Waals surface area contributed by atoms with E-state index in [2.05, 4.69) is 11.8 Å². The van der Waals surface area contributed by atoms with Crippen LogP contribution < -0.4 is 0 Å². The fourth-order valence-corrected chi connectivity index (χ4v) is 2.10. The zero-order valence-corrected chi connectivity index (χ0v) is 12.5. The lowest BCUT2D eigenvalue weighted by molar-refractivity contribution is -0.149. The third-order valence-corrected chi connectivity index (χ3v) is 3.39. The van der Waals surface area contributed by atoms with Crippen molar-refractivity contribution in [2.24, 2.45) is 11.8 Å². The summed E-state index contributed by atoms with van der Waals surface area (Å²) in [5, 5.41) is 18.5. The lowest BCUT2D eigenvalue weighted by atomic mass is 9.97. The van der Waals surface area contributed by atoms with Crippen LogP contribution in [0.5, 0.6) is 0 Å². The van der Waals surface area contributed by atoms with Crippen LogP contribution in [0.25, 0.3) is 0 Å². The van der Waals surface area contributed by atoms with Crippen molar-refractivity contribution in [3.8, 4) is 11.8 Å². The molecule has 1 aliphatic heterocycles. The molecule has 0 saturated carbocycles. The van der Waals surface area contributed by atoms with Gasteiger partial charge in [0.2, 0.25) is 0 Å². The molecule has 1 heterocycles. The third-order valence-electron chi connectivity index (χ3n) is 3.39. The standard InChI is InChI=1S/C15H26O4/c1-10(12(3)17)6-7-11(2)14-13(8-9-16)18-15(4,5)19-14/h10-14,16-17H,8-9H2,1-5H3/t10-,11?,12+,13+,14-/m1/s1. The second kappa shape index (κ2) is 6.71. The van der Waals surface area contributed by atoms with Gasteiger partial charge in [0.1, 0.15) is 6.10 Å². The molecule has 0 aliphatic carbocycles. The number of hydrogen-bond acceptors (Lipinski definition) is 4. The highest BCUT2D eigenvalue weighted by molar-refractivity contribution is 5.10. The number of ether oxygens (including phenoxy) is 2. The quantitative estimate of drug-likeness (QED) is 0.761. The van der Waals surface area contributed by atoms with Gasteiger partial charge in [-0.15, -0.1) is 0 Å². The SMILES string of the molecule is CC(C#C[C@@H](C)[C@H](C)O)[C@H]1OC(C)(C)O[C@H]1CCO. The molecule has 1 saturated heterocycles. The van der Waals surface area contributed by atoms with Crippen molar-refractivity contribution in [2.45, 2.75) is 65.1 Å². The third kappa shape index (κ3) is 4.77. The fourth-order valence-electron chi connectivity index (χ4n) is 2.10. The fraction of sp³-hybridized carbons (Fsp3) is 0.867. The Balaban J connectivity index is 2.71. The van der Waals surface area contributed by atoms with Gasteiger partial charge >= 0.3 is 0 Å². The molecule has 1 unspecified atom stereocenters. The molecule has 110 valence electrons. The average molecular weight is 270 g/mol. The molecular formula is C15H26O4. The van der Waals surface area contributed by atoms with Gasteiger partial charge in [0.25, 0.3) is 0 Å². The molecule has 1 fully saturated rings. The van der Waals surface area contributed by atoms with Crippen LogP contribution in [-0.4, -0.2) is 40.9 Å². The van der Waals surface area contributed by atoms with Crippen molar-refractivity contribution in [1.29, 1.82) is 0 Å². The lowest BCUT2D eigenvalue weighted by Gasteiger charge is -2.19. The molecule has 0 bridgehead atoms. The number of hydrogen-bond donors (Lipinski definition) is 2. The summed E-state index contributed by atoms with van der Waals surface area (Å²) in [4.78, 5) is 0. The van der Waals surface area contributed by atoms with E-state index in [1.54, 1.807) is 6.92 Å². The van der Waals surface area contributed by atoms with E-state index >= 15 is 0 Å². The molecular weight excluding hydrogens is 244 g/mol. The van der Waals surface area contributed by atoms with Crippen LogP contribution >= 0.6 is 0 Å². The predicted octanol–water partition coefficient (Wildman–Crippen LogP) is 1.55. The molecule has 0 aromatic rings. The summed E-state index contributed by atoms with van der Waals surface area (Å²) in [5.74, 6) is 5.50. The van der Waals surface area contributed by atoms with E-state index in [0.29, 0.717) is 6.42 Å². The summed E-state index contributed by atoms with van der Waals surface area (Å²) in [5.41, 5.74) is 0. The lowest BCUT2D eigenvalue weighted by Crippen LogP contribution is -2.29. The summed E-state index contributed by atoms with van der Waals surface area (Å²) < 4.78 is 11.6. The first-order valence-electron chi connectivity index (χ1n) is 6.92. The summed E-state index contributed by atoms with van der Waals surface area (Å²) in [6, 6.07) is 0. The van der Waals surface area contributed by atoms with E-state index in [1.165, 1.54) is 0 Å². The van der Waals surface area contributed by atoms with E-state index in [9.17, 15) is 5.11 Å². The maximum atomic E-state index is 9.43. The smallest absolute Gasteiger partial charge is 0.163 e. The molecule has 2 N–H and O–H groups in total. The van der Waals surface area contributed by atoms with Gasteiger partial charge in [0.05, 0.1) is 12.2 Å². The van der Waals surface area contributed by atoms with Gasteiger partial charge in [-0.2, -0.15) is 0 Å². The van der Waals surface area contributed by atoms with Crippen molar-refractivity contribution in [3.63, 3.8) is 0 Å². The van der Waals surface area contributed by atoms with E-state index in [1.807, 2.05) is 27.7 Å². The van der Waals surface area contributed by atoms with E-state index in [-0.39, 0.29) is 30.7 Å². The highest BCUT2D eigenvalue weighted by Crippen LogP contribution is 2.33. The van der Waals surface area contributed by atoms with Crippen molar-refractivity contribution >= 4 is 0 Å². The molecule has 5 atom stereocenters. The zero-order chi connectivity index (χ0) is 14.6. The molecule has 0 radical (unpaired) electrons. The second-order valence-corrected chi connectivity index (χ2v) is 5.76. The minimum Gasteiger partial charge on any atom is -0.396 e. The van der Waals surface area contributed by atoms with Gasteiger partial charge in [-0.05, 0) is 41.0 Å². The van der Waals surface area contributed by atoms with Crippen molar-refractivity contribution in [3.05, 3.63) is 0 Å². The maximum absolute atomic E-state index is 9.43. The van der Waals surface area contributed by atoms with Crippen LogP contribution in [0.4, 0.5) is 0 Å². The molecule has 1 rings (SSSR count). The number of aliphatic hydroxyl groups excluding tert-OH is 2. The second-order valence-electron chi connectivity index (χ2n) is 5.76. The van der Waals surface area contributed by atoms with Gasteiger partial charge in [-0.1, -0.05) is 11.8 Å². The van der Waals surface area contributed by atoms with Gasteiger partial charge in [-0.25, -0.2) is 0 Å². The number of aliphatic hydroxyl groups is 2. The van der Waals surface area contributed by atoms with Gasteiger partial charge in [0, 0.05) is 18.4 Å². The van der Waals surface area contributed by atoms with Crippen LogP contribution in [0.15, 0.2) is 0 Å². The van der Waals surface area contributed by atoms with Gasteiger partial charge < -0.3 is 19.7 Å². The first-order valence-corrected chi connectivity index (χ1v) is 6.92. The molecule has 4 nitrogen and oxygen atoms in total. The first-order chi connectivity index (χ1) is 8.76. The molecule has 1 aliphatic rings. The van der Waals surface area contributed by atoms with Crippen molar-refractivity contribution in [2.75, 3.05) is 6.61 Å². The first kappa shape index (κ1) is 16.5. The molecule has 0 spiro atoms. The summed E-state index contributed by atoms with van der Waals surface area (Å²) in [7, 11) is 0. The van der Waals surface area contributed by atoms with E-state index < -0.39 is 11.9 Å². The molecule has 4 heteroatoms. The Morgan fingerprint density at radius 1 is 1.16 bits per heavy atom. The van der Waals surface area contributed by atoms with Crippen LogP contribution in [0.2, 0.25) is 0 Å². The Morgan fingerprint density at radius 2 is 1.79 bits per heavy atom. The normalized spacial score (nSPS) is 30.3. The topological polar surface area (TPSA) is 58.9 Å². The Bertz CT molecular complexity index is 340. The van der Waals surface area contributed by atoms with Crippen LogP contribution in [-0.2, 0) is 9.47 Å². The Kier molecular flexibility index (Phi) is 5.82. The van der Waals surface area contributed by atoms with Gasteiger partial charge in [-0.3, -0.25) is 0 Å². The molecule has 0 aromatic carbocycles. The van der Waals surface area contributed by atoms with Crippen molar-refractivity contribution in [1.82, 2.24) is 0 Å². The highest BCUT2D eigenvalue weighted by Gasteiger charge is 2.42. The highest BCUT2D eigenvalue weighted by atomic mass is 16.8. The van der Waals surface area contributed by atoms with Crippen molar-refractivity contribution < 1.29 is 19.7 Å². The molecule has 0 aromatic heterocycles. The van der Waals surface area contributed by atoms with E-state index in [0.717, 1.165) is 0 Å². The zero-order valence-electron chi connectivity index (χ0n) is 12.5. The Hall–Kier alpha value is -0.600. The minimum atomic E-state index is -0.629. The monoisotopic (exact) mass is 270 g/mol.